The first-order chi connectivity index (χ1) is 21.5. The summed E-state index contributed by atoms with van der Waals surface area (Å²) in [6, 6.07) is 3.15. The Balaban J connectivity index is 1.60. The molecule has 2 aliphatic rings. The fourth-order valence-corrected chi connectivity index (χ4v) is 7.48. The smallest absolute Gasteiger partial charge is 0.417 e. The maximum atomic E-state index is 16.6. The first-order valence-corrected chi connectivity index (χ1v) is 14.7. The second-order valence-electron chi connectivity index (χ2n) is 11.4. The van der Waals surface area contributed by atoms with E-state index in [0.29, 0.717) is 35.3 Å². The summed E-state index contributed by atoms with van der Waals surface area (Å²) in [6.45, 7) is -1.12. The quantitative estimate of drug-likeness (QED) is 0.216. The average Bonchev–Trinajstić information content (AvgIpc) is 3.60. The van der Waals surface area contributed by atoms with Crippen LogP contribution in [-0.2, 0) is 6.18 Å². The van der Waals surface area contributed by atoms with Gasteiger partial charge in [-0.1, -0.05) is 6.07 Å². The van der Waals surface area contributed by atoms with Gasteiger partial charge in [-0.2, -0.15) is 41.6 Å². The number of ether oxygens (including phenoxy) is 1. The van der Waals surface area contributed by atoms with Crippen LogP contribution < -0.4 is 15.4 Å². The molecule has 2 unspecified atom stereocenters. The van der Waals surface area contributed by atoms with Crippen LogP contribution in [0.4, 0.5) is 50.3 Å². The van der Waals surface area contributed by atoms with E-state index in [4.69, 9.17) is 10.5 Å². The Bertz CT molecular complexity index is 1900. The summed E-state index contributed by atoms with van der Waals surface area (Å²) in [5.41, 5.74) is 0.618. The van der Waals surface area contributed by atoms with Crippen molar-refractivity contribution in [2.45, 2.75) is 43.3 Å². The van der Waals surface area contributed by atoms with Gasteiger partial charge in [0.05, 0.1) is 21.4 Å². The molecule has 17 heteroatoms. The Morgan fingerprint density at radius 3 is 2.61 bits per heavy atom. The predicted molar refractivity (Wildman–Crippen MR) is 152 cm³/mol. The largest absolute Gasteiger partial charge is 0.461 e. The highest BCUT2D eigenvalue weighted by atomic mass is 32.1. The highest BCUT2D eigenvalue weighted by Gasteiger charge is 2.49. The summed E-state index contributed by atoms with van der Waals surface area (Å²) < 4.78 is 135. The van der Waals surface area contributed by atoms with E-state index in [1.807, 2.05) is 4.90 Å². The van der Waals surface area contributed by atoms with E-state index in [0.717, 1.165) is 25.6 Å². The van der Waals surface area contributed by atoms with Gasteiger partial charge in [0.1, 0.15) is 47.5 Å². The molecule has 2 atom stereocenters. The van der Waals surface area contributed by atoms with Crippen LogP contribution >= 0.6 is 11.3 Å². The lowest BCUT2D eigenvalue weighted by molar-refractivity contribution is -0.137. The molecule has 0 saturated carbocycles. The highest BCUT2D eigenvalue weighted by molar-refractivity contribution is 7.23. The number of benzene rings is 2. The van der Waals surface area contributed by atoms with Crippen LogP contribution in [0.25, 0.3) is 32.1 Å². The van der Waals surface area contributed by atoms with Crippen LogP contribution in [0.15, 0.2) is 18.2 Å². The fourth-order valence-electron chi connectivity index (χ4n) is 6.53. The number of anilines is 2. The van der Waals surface area contributed by atoms with Gasteiger partial charge < -0.3 is 15.4 Å². The monoisotopic (exact) mass is 674 g/mol. The molecule has 0 bridgehead atoms. The molecule has 2 fully saturated rings. The van der Waals surface area contributed by atoms with Crippen molar-refractivity contribution in [1.29, 1.82) is 5.26 Å². The van der Waals surface area contributed by atoms with Crippen LogP contribution in [0.5, 0.6) is 6.01 Å². The van der Waals surface area contributed by atoms with Gasteiger partial charge in [-0.3, -0.25) is 4.90 Å². The number of alkyl halides is 7. The summed E-state index contributed by atoms with van der Waals surface area (Å²) in [5.74, 6) is -3.24. The van der Waals surface area contributed by atoms with Gasteiger partial charge in [0, 0.05) is 36.3 Å². The van der Waals surface area contributed by atoms with E-state index in [-0.39, 0.29) is 40.2 Å². The summed E-state index contributed by atoms with van der Waals surface area (Å²) in [6.07, 6.45) is -9.87. The van der Waals surface area contributed by atoms with Crippen molar-refractivity contribution in [3.63, 3.8) is 0 Å². The minimum Gasteiger partial charge on any atom is -0.461 e. The number of nitrogen functional groups attached to an aromatic ring is 1. The first kappa shape index (κ1) is 31.9. The lowest BCUT2D eigenvalue weighted by Crippen LogP contribution is -2.43. The molecule has 4 aromatic rings. The van der Waals surface area contributed by atoms with Crippen LogP contribution in [0.1, 0.15) is 30.4 Å². The number of hydrogen-bond acceptors (Lipinski definition) is 8. The maximum Gasteiger partial charge on any atom is 0.417 e. The predicted octanol–water partition coefficient (Wildman–Crippen LogP) is 7.22. The Morgan fingerprint density at radius 1 is 1.20 bits per heavy atom. The summed E-state index contributed by atoms with van der Waals surface area (Å²) in [7, 11) is 0.914. The number of nitrogens with zero attached hydrogens (tertiary/aromatic N) is 5. The second-order valence-corrected chi connectivity index (χ2v) is 12.5. The van der Waals surface area contributed by atoms with E-state index in [9.17, 15) is 40.4 Å². The lowest BCUT2D eigenvalue weighted by atomic mass is 9.92. The zero-order chi connectivity index (χ0) is 33.3. The summed E-state index contributed by atoms with van der Waals surface area (Å²) in [5, 5.41) is 8.39. The molecule has 2 saturated heterocycles. The molecule has 6 rings (SSSR count). The van der Waals surface area contributed by atoms with Crippen molar-refractivity contribution < 1.29 is 44.3 Å². The molecule has 0 spiro atoms. The molecular formula is C29H23F9N6OS. The topological polar surface area (TPSA) is 91.3 Å². The number of rotatable bonds is 6. The summed E-state index contributed by atoms with van der Waals surface area (Å²) in [4.78, 5) is 10.3. The molecule has 2 N–H and O–H groups in total. The van der Waals surface area contributed by atoms with Crippen LogP contribution in [0, 0.1) is 23.0 Å². The van der Waals surface area contributed by atoms with E-state index in [1.165, 1.54) is 0 Å². The van der Waals surface area contributed by atoms with E-state index < -0.39 is 81.7 Å². The highest BCUT2D eigenvalue weighted by Crippen LogP contribution is 2.48. The van der Waals surface area contributed by atoms with Crippen molar-refractivity contribution in [3.8, 4) is 23.2 Å². The number of fused-ring (bicyclic) bond motifs is 3. The van der Waals surface area contributed by atoms with Crippen LogP contribution in [-0.4, -0.2) is 66.0 Å². The second kappa shape index (κ2) is 11.0. The minimum absolute atomic E-state index is 0.112. The number of nitrogens with two attached hydrogens (primary N) is 1. The van der Waals surface area contributed by atoms with E-state index >= 15 is 4.39 Å². The zero-order valence-corrected chi connectivity index (χ0v) is 24.6. The van der Waals surface area contributed by atoms with E-state index in [2.05, 4.69) is 9.97 Å². The molecule has 244 valence electrons. The molecular weight excluding hydrogens is 651 g/mol. The Kier molecular flexibility index (Phi) is 7.66. The summed E-state index contributed by atoms with van der Waals surface area (Å²) >= 11 is 0.588. The van der Waals surface area contributed by atoms with Gasteiger partial charge in [-0.15, -0.1) is 11.3 Å². The van der Waals surface area contributed by atoms with Gasteiger partial charge in [-0.05, 0) is 37.1 Å². The maximum absolute atomic E-state index is 16.6. The van der Waals surface area contributed by atoms with Crippen molar-refractivity contribution in [1.82, 2.24) is 14.9 Å². The number of halogens is 9. The molecule has 7 nitrogen and oxygen atoms in total. The average molecular weight is 675 g/mol. The number of thiophene rings is 1. The third kappa shape index (κ3) is 5.40. The standard InChI is InChI=1S/C29H23F9N6OS/c1-43(11-28(33,34)35)25-15-7-17(29(36,37)38)20(14-3-4-18(31)23-19(14)16(9-39)24(40)46-23)21(32)22(15)41-26(42-25)45-12-27-5-2-6-44(27)10-13(30)8-27/h3-4,7,13H,2,5-6,8,10-12,40H2,1H3. The third-order valence-corrected chi connectivity index (χ3v) is 9.43. The minimum atomic E-state index is -5.29. The SMILES string of the molecule is CN(CC(F)(F)F)c1nc(OCC23CCCN2CC(F)C3)nc2c(F)c(-c3ccc(F)c4sc(N)c(C#N)c34)c(C(F)(F)F)cc12. The molecule has 0 aliphatic carbocycles. The zero-order valence-electron chi connectivity index (χ0n) is 23.8. The lowest BCUT2D eigenvalue weighted by Gasteiger charge is -2.31. The van der Waals surface area contributed by atoms with E-state index in [1.54, 1.807) is 6.07 Å². The van der Waals surface area contributed by atoms with Gasteiger partial charge in [0.2, 0.25) is 0 Å². The molecule has 46 heavy (non-hydrogen) atoms. The van der Waals surface area contributed by atoms with Gasteiger partial charge in [0.15, 0.2) is 5.82 Å². The molecule has 0 amide bonds. The van der Waals surface area contributed by atoms with Gasteiger partial charge >= 0.3 is 18.4 Å². The van der Waals surface area contributed by atoms with Gasteiger partial charge in [0.25, 0.3) is 0 Å². The van der Waals surface area contributed by atoms with Crippen LogP contribution in [0.3, 0.4) is 0 Å². The van der Waals surface area contributed by atoms with Crippen molar-refractivity contribution in [2.75, 3.05) is 43.9 Å². The van der Waals surface area contributed by atoms with Crippen LogP contribution in [0.2, 0.25) is 0 Å². The number of aromatic nitrogens is 2. The van der Waals surface area contributed by atoms with Gasteiger partial charge in [-0.25, -0.2) is 13.2 Å². The number of nitriles is 1. The third-order valence-electron chi connectivity index (χ3n) is 8.40. The normalized spacial score (nSPS) is 20.4. The molecule has 2 aromatic carbocycles. The Labute approximate surface area is 259 Å². The molecule has 2 aliphatic heterocycles. The Hall–Kier alpha value is -4.04. The Morgan fingerprint density at radius 2 is 1.93 bits per heavy atom. The molecule has 2 aromatic heterocycles. The molecule has 0 radical (unpaired) electrons. The van der Waals surface area contributed by atoms with Crippen molar-refractivity contribution >= 4 is 43.1 Å². The first-order valence-electron chi connectivity index (χ1n) is 13.8. The molecule has 4 heterocycles. The fraction of sp³-hybridized carbons (Fsp3) is 0.414. The van der Waals surface area contributed by atoms with Crippen molar-refractivity contribution in [2.24, 2.45) is 0 Å². The number of hydrogen-bond donors (Lipinski definition) is 1. The van der Waals surface area contributed by atoms with Crippen molar-refractivity contribution in [3.05, 3.63) is 41.0 Å².